The van der Waals surface area contributed by atoms with Crippen molar-refractivity contribution in [2.45, 2.75) is 32.7 Å². The van der Waals surface area contributed by atoms with Gasteiger partial charge in [-0.2, -0.15) is 0 Å². The number of carbonyl (C=O) groups is 3. The predicted molar refractivity (Wildman–Crippen MR) is 111 cm³/mol. The molecule has 1 aromatic carbocycles. The number of likely N-dealkylation sites (tertiary alicyclic amines) is 1. The van der Waals surface area contributed by atoms with Crippen molar-refractivity contribution in [3.05, 3.63) is 24.3 Å². The summed E-state index contributed by atoms with van der Waals surface area (Å²) in [5.41, 5.74) is 0.928. The molecule has 0 aliphatic carbocycles. The minimum absolute atomic E-state index is 0.00165. The molecule has 2 aliphatic heterocycles. The molecule has 2 aliphatic rings. The zero-order chi connectivity index (χ0) is 21.0. The number of hydrogen-bond donors (Lipinski definition) is 2. The van der Waals surface area contributed by atoms with Crippen LogP contribution < -0.4 is 10.6 Å². The maximum absolute atomic E-state index is 12.6. The number of ether oxygens (including phenoxy) is 1. The van der Waals surface area contributed by atoms with Crippen LogP contribution in [0.1, 0.15) is 27.2 Å². The molecule has 8 nitrogen and oxygen atoms in total. The Bertz CT molecular complexity index is 768. The quantitative estimate of drug-likeness (QED) is 0.780. The van der Waals surface area contributed by atoms with Crippen LogP contribution in [-0.2, 0) is 19.1 Å². The van der Waals surface area contributed by atoms with E-state index in [-0.39, 0.29) is 35.6 Å². The fourth-order valence-corrected chi connectivity index (χ4v) is 3.61. The van der Waals surface area contributed by atoms with Gasteiger partial charge >= 0.3 is 0 Å². The first kappa shape index (κ1) is 21.3. The Morgan fingerprint density at radius 3 is 2.41 bits per heavy atom. The highest BCUT2D eigenvalue weighted by molar-refractivity contribution is 5.98. The molecule has 1 atom stereocenters. The van der Waals surface area contributed by atoms with Crippen molar-refractivity contribution in [2.75, 3.05) is 50.0 Å². The van der Waals surface area contributed by atoms with Gasteiger partial charge < -0.3 is 20.3 Å². The summed E-state index contributed by atoms with van der Waals surface area (Å²) in [7, 11) is 0. The van der Waals surface area contributed by atoms with Gasteiger partial charge in [0.25, 0.3) is 0 Å². The third-order valence-corrected chi connectivity index (χ3v) is 5.19. The van der Waals surface area contributed by atoms with Crippen molar-refractivity contribution in [3.63, 3.8) is 0 Å². The average molecular weight is 402 g/mol. The van der Waals surface area contributed by atoms with Crippen molar-refractivity contribution in [1.29, 1.82) is 0 Å². The number of nitrogens with one attached hydrogen (secondary N) is 2. The average Bonchev–Trinajstić information content (AvgIpc) is 3.05. The monoisotopic (exact) mass is 402 g/mol. The molecule has 1 aromatic rings. The summed E-state index contributed by atoms with van der Waals surface area (Å²) >= 11 is 0. The van der Waals surface area contributed by atoms with E-state index >= 15 is 0 Å². The number of morpholine rings is 1. The summed E-state index contributed by atoms with van der Waals surface area (Å²) in [5.74, 6) is -0.650. The summed E-state index contributed by atoms with van der Waals surface area (Å²) in [4.78, 5) is 40.9. The molecule has 2 N–H and O–H groups in total. The molecule has 3 rings (SSSR count). The highest BCUT2D eigenvalue weighted by Gasteiger charge is 2.39. The third-order valence-electron chi connectivity index (χ3n) is 5.19. The van der Waals surface area contributed by atoms with Crippen molar-refractivity contribution < 1.29 is 19.1 Å². The van der Waals surface area contributed by atoms with E-state index in [2.05, 4.69) is 10.6 Å². The van der Waals surface area contributed by atoms with Crippen LogP contribution in [0.15, 0.2) is 24.3 Å². The molecular weight excluding hydrogens is 372 g/mol. The SMILES string of the molecule is CC(C)(C)N1C[C@H](C(=O)Nc2cccc(NC(=O)CN3CCOCC3)c2)CC1=O. The summed E-state index contributed by atoms with van der Waals surface area (Å²) in [6.45, 7) is 9.41. The molecule has 158 valence electrons. The van der Waals surface area contributed by atoms with Crippen LogP contribution in [0, 0.1) is 5.92 Å². The van der Waals surface area contributed by atoms with Crippen molar-refractivity contribution in [2.24, 2.45) is 5.92 Å². The molecule has 2 fully saturated rings. The number of nitrogens with zero attached hydrogens (tertiary/aromatic N) is 2. The summed E-state index contributed by atoms with van der Waals surface area (Å²) in [6, 6.07) is 7.07. The van der Waals surface area contributed by atoms with Crippen LogP contribution in [0.2, 0.25) is 0 Å². The number of hydrogen-bond acceptors (Lipinski definition) is 5. The standard InChI is InChI=1S/C21H30N4O4/c1-21(2,3)25-13-15(11-19(25)27)20(28)23-17-6-4-5-16(12-17)22-18(26)14-24-7-9-29-10-8-24/h4-6,12,15H,7-11,13-14H2,1-3H3,(H,22,26)(H,23,28)/t15-/m1/s1. The lowest BCUT2D eigenvalue weighted by Crippen LogP contribution is -2.42. The van der Waals surface area contributed by atoms with Crippen LogP contribution in [0.3, 0.4) is 0 Å². The Morgan fingerprint density at radius 2 is 1.79 bits per heavy atom. The fraction of sp³-hybridized carbons (Fsp3) is 0.571. The molecule has 2 saturated heterocycles. The Labute approximate surface area is 171 Å². The smallest absolute Gasteiger partial charge is 0.238 e. The first-order valence-electron chi connectivity index (χ1n) is 10.0. The first-order valence-corrected chi connectivity index (χ1v) is 10.0. The molecule has 3 amide bonds. The third kappa shape index (κ3) is 5.77. The lowest BCUT2D eigenvalue weighted by atomic mass is 10.1. The molecule has 0 saturated carbocycles. The lowest BCUT2D eigenvalue weighted by Gasteiger charge is -2.31. The zero-order valence-corrected chi connectivity index (χ0v) is 17.4. The fourth-order valence-electron chi connectivity index (χ4n) is 3.61. The molecule has 0 spiro atoms. The van der Waals surface area contributed by atoms with Crippen LogP contribution in [0.4, 0.5) is 11.4 Å². The molecule has 0 radical (unpaired) electrons. The van der Waals surface area contributed by atoms with Gasteiger partial charge in [-0.3, -0.25) is 19.3 Å². The van der Waals surface area contributed by atoms with E-state index in [4.69, 9.17) is 4.74 Å². The minimum Gasteiger partial charge on any atom is -0.379 e. The van der Waals surface area contributed by atoms with Crippen molar-refractivity contribution >= 4 is 29.1 Å². The minimum atomic E-state index is -0.374. The number of anilines is 2. The molecule has 29 heavy (non-hydrogen) atoms. The normalized spacial score (nSPS) is 20.6. The summed E-state index contributed by atoms with van der Waals surface area (Å²) in [5, 5.41) is 5.75. The number of rotatable bonds is 5. The number of carbonyl (C=O) groups excluding carboxylic acids is 3. The number of benzene rings is 1. The summed E-state index contributed by atoms with van der Waals surface area (Å²) in [6.07, 6.45) is 0.221. The van der Waals surface area contributed by atoms with Crippen molar-refractivity contribution in [1.82, 2.24) is 9.80 Å². The second kappa shape index (κ2) is 8.92. The molecule has 2 heterocycles. The van der Waals surface area contributed by atoms with E-state index in [1.165, 1.54) is 0 Å². The van der Waals surface area contributed by atoms with Gasteiger partial charge in [0.1, 0.15) is 0 Å². The van der Waals surface area contributed by atoms with E-state index in [9.17, 15) is 14.4 Å². The Kier molecular flexibility index (Phi) is 6.54. The Morgan fingerprint density at radius 1 is 1.14 bits per heavy atom. The Balaban J connectivity index is 1.55. The first-order chi connectivity index (χ1) is 13.7. The highest BCUT2D eigenvalue weighted by Crippen LogP contribution is 2.27. The van der Waals surface area contributed by atoms with Gasteiger partial charge in [0, 0.05) is 43.0 Å². The summed E-state index contributed by atoms with van der Waals surface area (Å²) < 4.78 is 5.29. The van der Waals surface area contributed by atoms with Crippen LogP contribution in [0.5, 0.6) is 0 Å². The van der Waals surface area contributed by atoms with Crippen LogP contribution >= 0.6 is 0 Å². The van der Waals surface area contributed by atoms with Gasteiger partial charge in [0.15, 0.2) is 0 Å². The van der Waals surface area contributed by atoms with E-state index in [0.717, 1.165) is 13.1 Å². The van der Waals surface area contributed by atoms with Gasteiger partial charge in [-0.15, -0.1) is 0 Å². The van der Waals surface area contributed by atoms with Gasteiger partial charge in [-0.1, -0.05) is 6.07 Å². The van der Waals surface area contributed by atoms with Gasteiger partial charge in [-0.05, 0) is 39.0 Å². The topological polar surface area (TPSA) is 91.0 Å². The van der Waals surface area contributed by atoms with E-state index in [1.54, 1.807) is 29.2 Å². The molecule has 0 bridgehead atoms. The zero-order valence-electron chi connectivity index (χ0n) is 17.4. The molecule has 0 aromatic heterocycles. The highest BCUT2D eigenvalue weighted by atomic mass is 16.5. The maximum Gasteiger partial charge on any atom is 0.238 e. The Hall–Kier alpha value is -2.45. The van der Waals surface area contributed by atoms with E-state index < -0.39 is 0 Å². The second-order valence-corrected chi connectivity index (χ2v) is 8.58. The maximum atomic E-state index is 12.6. The molecule has 0 unspecified atom stereocenters. The van der Waals surface area contributed by atoms with Crippen LogP contribution in [0.25, 0.3) is 0 Å². The van der Waals surface area contributed by atoms with Gasteiger partial charge in [0.2, 0.25) is 17.7 Å². The van der Waals surface area contributed by atoms with Gasteiger partial charge in [0.05, 0.1) is 25.7 Å². The van der Waals surface area contributed by atoms with Crippen LogP contribution in [-0.4, -0.2) is 72.5 Å². The van der Waals surface area contributed by atoms with Crippen molar-refractivity contribution in [3.8, 4) is 0 Å². The predicted octanol–water partition coefficient (Wildman–Crippen LogP) is 1.54. The van der Waals surface area contributed by atoms with E-state index in [0.29, 0.717) is 37.7 Å². The van der Waals surface area contributed by atoms with E-state index in [1.807, 2.05) is 25.7 Å². The number of amides is 3. The molecular formula is C21H30N4O4. The molecule has 8 heteroatoms. The lowest BCUT2D eigenvalue weighted by molar-refractivity contribution is -0.131. The second-order valence-electron chi connectivity index (χ2n) is 8.58. The van der Waals surface area contributed by atoms with Gasteiger partial charge in [-0.25, -0.2) is 0 Å². The largest absolute Gasteiger partial charge is 0.379 e.